The zero-order valence-electron chi connectivity index (χ0n) is 15.2. The lowest BCUT2D eigenvalue weighted by Gasteiger charge is -2.29. The molecule has 0 saturated heterocycles. The Kier molecular flexibility index (Phi) is 5.00. The van der Waals surface area contributed by atoms with Crippen molar-refractivity contribution in [2.45, 2.75) is 24.4 Å². The molecular weight excluding hydrogens is 342 g/mol. The molecule has 0 unspecified atom stereocenters. The summed E-state index contributed by atoms with van der Waals surface area (Å²) in [4.78, 5) is 3.86. The summed E-state index contributed by atoms with van der Waals surface area (Å²) in [7, 11) is 1.72. The van der Waals surface area contributed by atoms with Crippen molar-refractivity contribution in [2.75, 3.05) is 19.9 Å². The minimum absolute atomic E-state index is 0.885. The molecule has 2 heterocycles. The predicted molar refractivity (Wildman–Crippen MR) is 106 cm³/mol. The van der Waals surface area contributed by atoms with Crippen LogP contribution in [-0.2, 0) is 19.5 Å². The zero-order valence-corrected chi connectivity index (χ0v) is 16.0. The molecule has 4 rings (SSSR count). The Balaban J connectivity index is 1.59. The zero-order chi connectivity index (χ0) is 17.9. The normalized spacial score (nSPS) is 14.2. The van der Waals surface area contributed by atoms with Crippen LogP contribution < -0.4 is 4.74 Å². The topological polar surface area (TPSA) is 30.3 Å². The molecule has 2 aromatic carbocycles. The van der Waals surface area contributed by atoms with Crippen molar-refractivity contribution in [2.24, 2.45) is 0 Å². The Labute approximate surface area is 158 Å². The number of rotatable bonds is 5. The van der Waals surface area contributed by atoms with Crippen molar-refractivity contribution in [3.05, 3.63) is 71.5 Å². The molecule has 134 valence electrons. The standard InChI is InChI=1S/C21H23N3OS/c1-25-19-5-7-21(24-10-3-9-22-24)18(12-19)15-23-11-8-16-13-20(26-2)6-4-17(16)14-23/h3-7,9-10,12-13H,8,11,14-15H2,1-2H3. The fourth-order valence-corrected chi connectivity index (χ4v) is 4.01. The maximum atomic E-state index is 5.45. The number of fused-ring (bicyclic) bond motifs is 1. The third-order valence-electron chi connectivity index (χ3n) is 4.94. The number of hydrogen-bond acceptors (Lipinski definition) is 4. The van der Waals surface area contributed by atoms with E-state index < -0.39 is 0 Å². The lowest BCUT2D eigenvalue weighted by atomic mass is 9.99. The molecule has 0 spiro atoms. The predicted octanol–water partition coefficient (Wildman–Crippen LogP) is 4.16. The summed E-state index contributed by atoms with van der Waals surface area (Å²) in [6.07, 6.45) is 7.04. The molecule has 0 amide bonds. The average Bonchev–Trinajstić information content (AvgIpc) is 3.22. The third kappa shape index (κ3) is 3.50. The number of methoxy groups -OCH3 is 1. The van der Waals surface area contributed by atoms with E-state index in [0.717, 1.165) is 37.5 Å². The maximum Gasteiger partial charge on any atom is 0.119 e. The highest BCUT2D eigenvalue weighted by molar-refractivity contribution is 7.98. The monoisotopic (exact) mass is 365 g/mol. The van der Waals surface area contributed by atoms with Gasteiger partial charge in [0.25, 0.3) is 0 Å². The smallest absolute Gasteiger partial charge is 0.119 e. The fraction of sp³-hybridized carbons (Fsp3) is 0.286. The number of thioether (sulfide) groups is 1. The summed E-state index contributed by atoms with van der Waals surface area (Å²) in [6.45, 7) is 2.94. The fourth-order valence-electron chi connectivity index (χ4n) is 3.54. The molecule has 26 heavy (non-hydrogen) atoms. The molecule has 3 aromatic rings. The molecule has 0 saturated carbocycles. The van der Waals surface area contributed by atoms with Gasteiger partial charge in [-0.15, -0.1) is 11.8 Å². The van der Waals surface area contributed by atoms with Crippen LogP contribution in [0.3, 0.4) is 0 Å². The highest BCUT2D eigenvalue weighted by atomic mass is 32.2. The van der Waals surface area contributed by atoms with E-state index in [1.165, 1.54) is 21.6 Å². The van der Waals surface area contributed by atoms with Gasteiger partial charge in [-0.1, -0.05) is 6.07 Å². The van der Waals surface area contributed by atoms with Crippen molar-refractivity contribution in [3.8, 4) is 11.4 Å². The van der Waals surface area contributed by atoms with Crippen molar-refractivity contribution in [1.29, 1.82) is 0 Å². The Morgan fingerprint density at radius 2 is 2.08 bits per heavy atom. The van der Waals surface area contributed by atoms with Gasteiger partial charge in [0.1, 0.15) is 5.75 Å². The van der Waals surface area contributed by atoms with Gasteiger partial charge >= 0.3 is 0 Å². The summed E-state index contributed by atoms with van der Waals surface area (Å²) in [5.74, 6) is 0.887. The van der Waals surface area contributed by atoms with Crippen LogP contribution in [0.25, 0.3) is 5.69 Å². The highest BCUT2D eigenvalue weighted by Gasteiger charge is 2.18. The molecule has 0 atom stereocenters. The number of ether oxygens (including phenoxy) is 1. The molecule has 0 bridgehead atoms. The first-order chi connectivity index (χ1) is 12.8. The molecule has 0 N–H and O–H groups in total. The summed E-state index contributed by atoms with van der Waals surface area (Å²) >= 11 is 1.81. The van der Waals surface area contributed by atoms with E-state index in [4.69, 9.17) is 4.74 Å². The molecule has 0 aliphatic carbocycles. The summed E-state index contributed by atoms with van der Waals surface area (Å²) in [5.41, 5.74) is 5.28. The van der Waals surface area contributed by atoms with E-state index in [0.29, 0.717) is 0 Å². The van der Waals surface area contributed by atoms with Gasteiger partial charge in [0.15, 0.2) is 0 Å². The van der Waals surface area contributed by atoms with E-state index in [1.54, 1.807) is 7.11 Å². The van der Waals surface area contributed by atoms with Gasteiger partial charge in [0.05, 0.1) is 12.8 Å². The molecule has 0 radical (unpaired) electrons. The van der Waals surface area contributed by atoms with Crippen molar-refractivity contribution in [1.82, 2.24) is 14.7 Å². The molecule has 1 aromatic heterocycles. The number of benzene rings is 2. The highest BCUT2D eigenvalue weighted by Crippen LogP contribution is 2.27. The summed E-state index contributed by atoms with van der Waals surface area (Å²) in [5, 5.41) is 4.41. The Bertz CT molecular complexity index is 892. The third-order valence-corrected chi connectivity index (χ3v) is 5.66. The van der Waals surface area contributed by atoms with Crippen LogP contribution in [0.15, 0.2) is 59.8 Å². The maximum absolute atomic E-state index is 5.45. The van der Waals surface area contributed by atoms with E-state index in [2.05, 4.69) is 46.6 Å². The number of hydrogen-bond donors (Lipinski definition) is 0. The van der Waals surface area contributed by atoms with Gasteiger partial charge in [0, 0.05) is 36.9 Å². The molecule has 1 aliphatic heterocycles. The second kappa shape index (κ2) is 7.56. The van der Waals surface area contributed by atoms with E-state index >= 15 is 0 Å². The number of aromatic nitrogens is 2. The van der Waals surface area contributed by atoms with Gasteiger partial charge in [-0.3, -0.25) is 4.90 Å². The van der Waals surface area contributed by atoms with Crippen LogP contribution >= 0.6 is 11.8 Å². The van der Waals surface area contributed by atoms with Crippen LogP contribution in [0, 0.1) is 0 Å². The molecule has 1 aliphatic rings. The summed E-state index contributed by atoms with van der Waals surface area (Å²) < 4.78 is 7.38. The van der Waals surface area contributed by atoms with Crippen LogP contribution in [0.5, 0.6) is 5.75 Å². The van der Waals surface area contributed by atoms with Crippen LogP contribution in [0.1, 0.15) is 16.7 Å². The van der Waals surface area contributed by atoms with Gasteiger partial charge in [-0.25, -0.2) is 4.68 Å². The second-order valence-corrected chi connectivity index (χ2v) is 7.42. The van der Waals surface area contributed by atoms with Crippen LogP contribution in [-0.4, -0.2) is 34.6 Å². The van der Waals surface area contributed by atoms with Crippen molar-refractivity contribution in [3.63, 3.8) is 0 Å². The van der Waals surface area contributed by atoms with E-state index in [-0.39, 0.29) is 0 Å². The molecular formula is C21H23N3OS. The Hall–Kier alpha value is -2.24. The van der Waals surface area contributed by atoms with E-state index in [9.17, 15) is 0 Å². The first-order valence-corrected chi connectivity index (χ1v) is 10.0. The Morgan fingerprint density at radius 1 is 1.15 bits per heavy atom. The van der Waals surface area contributed by atoms with Gasteiger partial charge in [0.2, 0.25) is 0 Å². The van der Waals surface area contributed by atoms with Gasteiger partial charge in [-0.2, -0.15) is 5.10 Å². The Morgan fingerprint density at radius 3 is 2.85 bits per heavy atom. The number of nitrogens with zero attached hydrogens (tertiary/aromatic N) is 3. The quantitative estimate of drug-likeness (QED) is 0.635. The van der Waals surface area contributed by atoms with Gasteiger partial charge < -0.3 is 4.74 Å². The summed E-state index contributed by atoms with van der Waals surface area (Å²) in [6, 6.07) is 15.0. The van der Waals surface area contributed by atoms with Crippen LogP contribution in [0.4, 0.5) is 0 Å². The first kappa shape index (κ1) is 17.2. The van der Waals surface area contributed by atoms with Crippen LogP contribution in [0.2, 0.25) is 0 Å². The molecule has 4 nitrogen and oxygen atoms in total. The SMILES string of the molecule is COc1ccc(-n2cccn2)c(CN2CCc3cc(SC)ccc3C2)c1. The lowest BCUT2D eigenvalue weighted by Crippen LogP contribution is -2.30. The average molecular weight is 366 g/mol. The first-order valence-electron chi connectivity index (χ1n) is 8.82. The minimum Gasteiger partial charge on any atom is -0.497 e. The van der Waals surface area contributed by atoms with Gasteiger partial charge in [-0.05, 0) is 65.8 Å². The lowest BCUT2D eigenvalue weighted by molar-refractivity contribution is 0.245. The molecule has 0 fully saturated rings. The largest absolute Gasteiger partial charge is 0.497 e. The molecule has 5 heteroatoms. The van der Waals surface area contributed by atoms with E-state index in [1.807, 2.05) is 41.0 Å². The second-order valence-electron chi connectivity index (χ2n) is 6.54. The van der Waals surface area contributed by atoms with Crippen molar-refractivity contribution < 1.29 is 4.74 Å². The van der Waals surface area contributed by atoms with Crippen molar-refractivity contribution >= 4 is 11.8 Å². The minimum atomic E-state index is 0.885.